The molecule has 0 aromatic heterocycles. The molecular formula is C17H14ClNO2. The second-order valence-corrected chi connectivity index (χ2v) is 5.64. The third kappa shape index (κ3) is 2.69. The molecule has 0 spiro atoms. The lowest BCUT2D eigenvalue weighted by atomic mass is 9.96. The van der Waals surface area contributed by atoms with Crippen molar-refractivity contribution >= 4 is 29.0 Å². The third-order valence-electron chi connectivity index (χ3n) is 3.63. The number of anilines is 1. The molecule has 3 rings (SSSR count). The van der Waals surface area contributed by atoms with Gasteiger partial charge in [0.1, 0.15) is 0 Å². The minimum atomic E-state index is -0.0975. The Morgan fingerprint density at radius 2 is 1.95 bits per heavy atom. The van der Waals surface area contributed by atoms with Crippen molar-refractivity contribution in [3.8, 4) is 0 Å². The van der Waals surface area contributed by atoms with Crippen LogP contribution in [0.5, 0.6) is 0 Å². The summed E-state index contributed by atoms with van der Waals surface area (Å²) in [6.07, 6.45) is 1.11. The average Bonchev–Trinajstić information content (AvgIpc) is 2.46. The van der Waals surface area contributed by atoms with Crippen LogP contribution in [0, 0.1) is 6.92 Å². The second kappa shape index (κ2) is 5.34. The average molecular weight is 300 g/mol. The molecule has 1 N–H and O–H groups in total. The molecule has 1 amide bonds. The Hall–Kier alpha value is -2.13. The Kier molecular flexibility index (Phi) is 3.52. The Balaban J connectivity index is 1.97. The molecule has 4 heteroatoms. The number of ketones is 1. The number of hydrogen-bond acceptors (Lipinski definition) is 2. The molecule has 21 heavy (non-hydrogen) atoms. The Morgan fingerprint density at radius 1 is 1.14 bits per heavy atom. The molecular weight excluding hydrogens is 286 g/mol. The van der Waals surface area contributed by atoms with Gasteiger partial charge in [-0.15, -0.1) is 0 Å². The normalized spacial score (nSPS) is 13.5. The molecule has 106 valence electrons. The fraction of sp³-hybridized carbons (Fsp3) is 0.176. The third-order valence-corrected chi connectivity index (χ3v) is 3.94. The predicted molar refractivity (Wildman–Crippen MR) is 83.0 cm³/mol. The van der Waals surface area contributed by atoms with Crippen molar-refractivity contribution in [3.05, 3.63) is 63.7 Å². The molecule has 0 unspecified atom stereocenters. The summed E-state index contributed by atoms with van der Waals surface area (Å²) < 4.78 is 0. The summed E-state index contributed by atoms with van der Waals surface area (Å²) >= 11 is 6.16. The van der Waals surface area contributed by atoms with E-state index < -0.39 is 0 Å². The lowest BCUT2D eigenvalue weighted by Gasteiger charge is -2.17. The van der Waals surface area contributed by atoms with Crippen molar-refractivity contribution in [2.75, 3.05) is 5.32 Å². The lowest BCUT2D eigenvalue weighted by Crippen LogP contribution is -2.19. The molecule has 1 aliphatic rings. The minimum Gasteiger partial charge on any atom is -0.326 e. The summed E-state index contributed by atoms with van der Waals surface area (Å²) in [7, 11) is 0. The number of carbonyl (C=O) groups is 2. The van der Waals surface area contributed by atoms with Gasteiger partial charge in [-0.05, 0) is 54.8 Å². The first-order chi connectivity index (χ1) is 10.0. The maximum Gasteiger partial charge on any atom is 0.224 e. The van der Waals surface area contributed by atoms with E-state index in [-0.39, 0.29) is 11.7 Å². The van der Waals surface area contributed by atoms with Gasteiger partial charge in [0.25, 0.3) is 0 Å². The van der Waals surface area contributed by atoms with E-state index in [1.165, 1.54) is 0 Å². The first-order valence-corrected chi connectivity index (χ1v) is 7.16. The first-order valence-electron chi connectivity index (χ1n) is 6.78. The number of rotatable bonds is 2. The molecule has 0 saturated heterocycles. The van der Waals surface area contributed by atoms with Crippen LogP contribution in [0.15, 0.2) is 36.4 Å². The van der Waals surface area contributed by atoms with Crippen molar-refractivity contribution < 1.29 is 9.59 Å². The molecule has 0 aliphatic carbocycles. The van der Waals surface area contributed by atoms with Gasteiger partial charge in [0, 0.05) is 23.2 Å². The van der Waals surface area contributed by atoms with Crippen LogP contribution in [-0.4, -0.2) is 11.7 Å². The van der Waals surface area contributed by atoms with Crippen LogP contribution in [0.3, 0.4) is 0 Å². The van der Waals surface area contributed by atoms with Gasteiger partial charge in [0.2, 0.25) is 5.91 Å². The van der Waals surface area contributed by atoms with E-state index in [1.807, 2.05) is 19.1 Å². The number of fused-ring (bicyclic) bond motifs is 1. The molecule has 2 aromatic carbocycles. The van der Waals surface area contributed by atoms with Crippen LogP contribution in [0.2, 0.25) is 5.02 Å². The van der Waals surface area contributed by atoms with E-state index in [4.69, 9.17) is 11.6 Å². The van der Waals surface area contributed by atoms with Crippen molar-refractivity contribution in [2.24, 2.45) is 0 Å². The van der Waals surface area contributed by atoms with Crippen molar-refractivity contribution in [1.82, 2.24) is 0 Å². The largest absolute Gasteiger partial charge is 0.326 e. The lowest BCUT2D eigenvalue weighted by molar-refractivity contribution is -0.116. The quantitative estimate of drug-likeness (QED) is 0.858. The van der Waals surface area contributed by atoms with Crippen LogP contribution in [0.1, 0.15) is 33.5 Å². The number of benzene rings is 2. The van der Waals surface area contributed by atoms with Crippen LogP contribution in [0.25, 0.3) is 0 Å². The van der Waals surface area contributed by atoms with E-state index in [0.717, 1.165) is 16.8 Å². The smallest absolute Gasteiger partial charge is 0.224 e. The van der Waals surface area contributed by atoms with Crippen LogP contribution in [-0.2, 0) is 11.2 Å². The molecule has 2 aromatic rings. The van der Waals surface area contributed by atoms with E-state index in [2.05, 4.69) is 5.32 Å². The summed E-state index contributed by atoms with van der Waals surface area (Å²) in [5, 5.41) is 3.27. The number of aryl methyl sites for hydroxylation is 2. The number of carbonyl (C=O) groups excluding carboxylic acids is 2. The number of hydrogen-bond donors (Lipinski definition) is 1. The summed E-state index contributed by atoms with van der Waals surface area (Å²) in [6.45, 7) is 1.93. The molecule has 1 heterocycles. The highest BCUT2D eigenvalue weighted by molar-refractivity contribution is 6.35. The van der Waals surface area contributed by atoms with Crippen molar-refractivity contribution in [1.29, 1.82) is 0 Å². The molecule has 0 saturated carbocycles. The van der Waals surface area contributed by atoms with E-state index in [0.29, 0.717) is 29.0 Å². The zero-order chi connectivity index (χ0) is 15.0. The summed E-state index contributed by atoms with van der Waals surface area (Å²) in [4.78, 5) is 23.9. The number of nitrogens with one attached hydrogen (secondary N) is 1. The van der Waals surface area contributed by atoms with Gasteiger partial charge in [-0.1, -0.05) is 17.7 Å². The van der Waals surface area contributed by atoms with Crippen LogP contribution < -0.4 is 5.32 Å². The van der Waals surface area contributed by atoms with Crippen molar-refractivity contribution in [2.45, 2.75) is 19.8 Å². The zero-order valence-electron chi connectivity index (χ0n) is 11.6. The highest BCUT2D eigenvalue weighted by Crippen LogP contribution is 2.26. The van der Waals surface area contributed by atoms with E-state index in [1.54, 1.807) is 24.3 Å². The molecule has 0 fully saturated rings. The molecule has 0 bridgehead atoms. The number of halogens is 1. The van der Waals surface area contributed by atoms with E-state index >= 15 is 0 Å². The van der Waals surface area contributed by atoms with Gasteiger partial charge in [0.15, 0.2) is 5.78 Å². The summed E-state index contributed by atoms with van der Waals surface area (Å²) in [6, 6.07) is 10.8. The minimum absolute atomic E-state index is 0.0168. The Bertz CT molecular complexity index is 752. The van der Waals surface area contributed by atoms with Gasteiger partial charge < -0.3 is 5.32 Å². The zero-order valence-corrected chi connectivity index (χ0v) is 12.3. The van der Waals surface area contributed by atoms with Gasteiger partial charge in [0.05, 0.1) is 5.02 Å². The SMILES string of the molecule is Cc1ccc(C(=O)c2ccc3c(c2)CCC(=O)N3)c(Cl)c1. The van der Waals surface area contributed by atoms with Crippen LogP contribution in [0.4, 0.5) is 5.69 Å². The predicted octanol–water partition coefficient (Wildman–Crippen LogP) is 3.76. The highest BCUT2D eigenvalue weighted by Gasteiger charge is 2.18. The fourth-order valence-electron chi connectivity index (χ4n) is 2.48. The Labute approximate surface area is 127 Å². The maximum atomic E-state index is 12.6. The summed E-state index contributed by atoms with van der Waals surface area (Å²) in [5.74, 6) is -0.0807. The van der Waals surface area contributed by atoms with Crippen LogP contribution >= 0.6 is 11.6 Å². The van der Waals surface area contributed by atoms with Crippen molar-refractivity contribution in [3.63, 3.8) is 0 Å². The van der Waals surface area contributed by atoms with E-state index in [9.17, 15) is 9.59 Å². The molecule has 0 atom stereocenters. The standard InChI is InChI=1S/C17H14ClNO2/c1-10-2-5-13(14(18)8-10)17(21)12-3-6-15-11(9-12)4-7-16(20)19-15/h2-3,5-6,8-9H,4,7H2,1H3,(H,19,20). The fourth-order valence-corrected chi connectivity index (χ4v) is 2.81. The second-order valence-electron chi connectivity index (χ2n) is 5.23. The van der Waals surface area contributed by atoms with Gasteiger partial charge in [-0.25, -0.2) is 0 Å². The Morgan fingerprint density at radius 3 is 2.71 bits per heavy atom. The van der Waals surface area contributed by atoms with Gasteiger partial charge in [-0.2, -0.15) is 0 Å². The topological polar surface area (TPSA) is 46.2 Å². The van der Waals surface area contributed by atoms with Gasteiger partial charge >= 0.3 is 0 Å². The number of amides is 1. The molecule has 0 radical (unpaired) electrons. The highest BCUT2D eigenvalue weighted by atomic mass is 35.5. The maximum absolute atomic E-state index is 12.6. The monoisotopic (exact) mass is 299 g/mol. The van der Waals surface area contributed by atoms with Gasteiger partial charge in [-0.3, -0.25) is 9.59 Å². The summed E-state index contributed by atoms with van der Waals surface area (Å²) in [5.41, 5.74) is 3.89. The molecule has 1 aliphatic heterocycles. The molecule has 3 nitrogen and oxygen atoms in total. The first kappa shape index (κ1) is 13.8.